The van der Waals surface area contributed by atoms with Crippen LogP contribution in [0.15, 0.2) is 91.0 Å². The summed E-state index contributed by atoms with van der Waals surface area (Å²) < 4.78 is 5.24. The van der Waals surface area contributed by atoms with Crippen molar-refractivity contribution < 1.29 is 0 Å². The van der Waals surface area contributed by atoms with E-state index in [0.717, 1.165) is 0 Å². The molecule has 0 bridgehead atoms. The Balaban J connectivity index is 1.79. The van der Waals surface area contributed by atoms with Crippen LogP contribution in [0.3, 0.4) is 0 Å². The van der Waals surface area contributed by atoms with Gasteiger partial charge in [-0.3, -0.25) is 0 Å². The molecule has 1 aliphatic rings. The zero-order valence-corrected chi connectivity index (χ0v) is 19.3. The van der Waals surface area contributed by atoms with Crippen molar-refractivity contribution in [1.29, 1.82) is 0 Å². The molecule has 1 fully saturated rings. The van der Waals surface area contributed by atoms with Gasteiger partial charge in [-0.15, -0.1) is 0 Å². The van der Waals surface area contributed by atoms with Crippen LogP contribution in [0, 0.1) is 0 Å². The van der Waals surface area contributed by atoms with Gasteiger partial charge in [-0.25, -0.2) is 0 Å². The average Bonchev–Trinajstić information content (AvgIpc) is 2.69. The SMILES string of the molecule is c1ccc([As]2CCC[As](c3ccccc3)[As]2c2ccccc2)cc1. The first-order valence-electron chi connectivity index (χ1n) is 8.44. The minimum absolute atomic E-state index is 0.926. The van der Waals surface area contributed by atoms with Crippen LogP contribution in [0.5, 0.6) is 0 Å². The summed E-state index contributed by atoms with van der Waals surface area (Å²) in [6.07, 6.45) is 1.47. The van der Waals surface area contributed by atoms with Crippen LogP contribution in [-0.4, -0.2) is 35.7 Å². The Morgan fingerprint density at radius 3 is 1.25 bits per heavy atom. The first-order chi connectivity index (χ1) is 11.9. The molecule has 3 aromatic carbocycles. The Kier molecular flexibility index (Phi) is 5.69. The second-order valence-corrected chi connectivity index (χ2v) is 42.6. The first-order valence-corrected chi connectivity index (χ1v) is 24.3. The summed E-state index contributed by atoms with van der Waals surface area (Å²) in [4.78, 5) is 0. The van der Waals surface area contributed by atoms with E-state index in [1.807, 2.05) is 0 Å². The molecule has 0 nitrogen and oxygen atoms in total. The molecule has 2 atom stereocenters. The van der Waals surface area contributed by atoms with Crippen molar-refractivity contribution in [3.8, 4) is 0 Å². The molecule has 1 heterocycles. The fourth-order valence-corrected chi connectivity index (χ4v) is 77.2. The molecule has 0 N–H and O–H groups in total. The van der Waals surface area contributed by atoms with Gasteiger partial charge in [-0.05, 0) is 0 Å². The van der Waals surface area contributed by atoms with Crippen LogP contribution in [0.2, 0.25) is 10.4 Å². The summed E-state index contributed by atoms with van der Waals surface area (Å²) in [5, 5.41) is 3.06. The van der Waals surface area contributed by atoms with Crippen LogP contribution < -0.4 is 13.1 Å². The van der Waals surface area contributed by atoms with Crippen LogP contribution in [0.4, 0.5) is 0 Å². The second kappa shape index (κ2) is 8.14. The summed E-state index contributed by atoms with van der Waals surface area (Å²) in [6, 6.07) is 34.8. The molecule has 120 valence electrons. The van der Waals surface area contributed by atoms with Crippen molar-refractivity contribution in [1.82, 2.24) is 0 Å². The average molecular weight is 498 g/mol. The van der Waals surface area contributed by atoms with E-state index in [9.17, 15) is 0 Å². The van der Waals surface area contributed by atoms with Crippen LogP contribution in [0.25, 0.3) is 0 Å². The zero-order valence-electron chi connectivity index (χ0n) is 13.6. The Morgan fingerprint density at radius 1 is 0.458 bits per heavy atom. The van der Waals surface area contributed by atoms with Crippen molar-refractivity contribution in [2.45, 2.75) is 16.8 Å². The normalized spacial score (nSPS) is 23.8. The maximum absolute atomic E-state index is 2.46. The molecule has 0 aliphatic carbocycles. The Morgan fingerprint density at radius 2 is 0.833 bits per heavy atom. The molecule has 2 unspecified atom stereocenters. The van der Waals surface area contributed by atoms with Crippen LogP contribution in [0.1, 0.15) is 6.42 Å². The van der Waals surface area contributed by atoms with E-state index in [4.69, 9.17) is 0 Å². The molecule has 0 radical (unpaired) electrons. The van der Waals surface area contributed by atoms with E-state index >= 15 is 0 Å². The van der Waals surface area contributed by atoms with E-state index in [2.05, 4.69) is 91.0 Å². The zero-order chi connectivity index (χ0) is 16.2. The number of hydrogen-bond acceptors (Lipinski definition) is 0. The molecule has 3 aromatic rings. The van der Waals surface area contributed by atoms with Gasteiger partial charge in [0.05, 0.1) is 0 Å². The first kappa shape index (κ1) is 16.8. The molecule has 1 aliphatic heterocycles. The van der Waals surface area contributed by atoms with Gasteiger partial charge in [-0.1, -0.05) is 0 Å². The second-order valence-electron chi connectivity index (χ2n) is 5.90. The summed E-state index contributed by atoms with van der Waals surface area (Å²) >= 11 is -1.85. The monoisotopic (exact) mass is 498 g/mol. The predicted octanol–water partition coefficient (Wildman–Crippen LogP) is 2.75. The Hall–Kier alpha value is -0.665. The molecular formula is C21H21As3. The van der Waals surface area contributed by atoms with Crippen LogP contribution >= 0.6 is 0 Å². The third-order valence-electron chi connectivity index (χ3n) is 4.29. The molecule has 0 aromatic heterocycles. The number of hydrogen-bond donors (Lipinski definition) is 0. The van der Waals surface area contributed by atoms with Gasteiger partial charge in [0.2, 0.25) is 0 Å². The minimum atomic E-state index is -0.962. The van der Waals surface area contributed by atoms with Gasteiger partial charge in [0, 0.05) is 0 Å². The summed E-state index contributed by atoms with van der Waals surface area (Å²) in [6.45, 7) is 0. The molecule has 4 rings (SSSR count). The van der Waals surface area contributed by atoms with E-state index < -0.39 is 35.7 Å². The van der Waals surface area contributed by atoms with Gasteiger partial charge < -0.3 is 0 Å². The van der Waals surface area contributed by atoms with Gasteiger partial charge in [0.25, 0.3) is 0 Å². The molecule has 24 heavy (non-hydrogen) atoms. The Bertz CT molecular complexity index is 711. The van der Waals surface area contributed by atoms with Gasteiger partial charge in [-0.2, -0.15) is 0 Å². The van der Waals surface area contributed by atoms with Crippen molar-refractivity contribution in [2.24, 2.45) is 0 Å². The molecule has 1 saturated heterocycles. The maximum atomic E-state index is 2.46. The number of benzene rings is 3. The van der Waals surface area contributed by atoms with Crippen molar-refractivity contribution >= 4 is 48.7 Å². The third kappa shape index (κ3) is 3.62. The van der Waals surface area contributed by atoms with Crippen LogP contribution in [-0.2, 0) is 0 Å². The number of rotatable bonds is 3. The molecule has 0 amide bonds. The van der Waals surface area contributed by atoms with Crippen molar-refractivity contribution in [3.05, 3.63) is 91.0 Å². The van der Waals surface area contributed by atoms with E-state index in [1.54, 1.807) is 13.1 Å². The third-order valence-corrected chi connectivity index (χ3v) is 63.5. The fraction of sp³-hybridized carbons (Fsp3) is 0.143. The molecule has 3 heteroatoms. The van der Waals surface area contributed by atoms with E-state index in [1.165, 1.54) is 16.8 Å². The fourth-order valence-electron chi connectivity index (χ4n) is 3.21. The Labute approximate surface area is 155 Å². The van der Waals surface area contributed by atoms with Crippen molar-refractivity contribution in [3.63, 3.8) is 0 Å². The quantitative estimate of drug-likeness (QED) is 0.488. The summed E-state index contributed by atoms with van der Waals surface area (Å²) in [7, 11) is -0.962. The summed E-state index contributed by atoms with van der Waals surface area (Å²) in [5.41, 5.74) is 0. The summed E-state index contributed by atoms with van der Waals surface area (Å²) in [5.74, 6) is 0. The van der Waals surface area contributed by atoms with Gasteiger partial charge >= 0.3 is 157 Å². The molecular weight excluding hydrogens is 477 g/mol. The van der Waals surface area contributed by atoms with Gasteiger partial charge in [0.1, 0.15) is 0 Å². The van der Waals surface area contributed by atoms with Gasteiger partial charge in [0.15, 0.2) is 0 Å². The van der Waals surface area contributed by atoms with Crippen molar-refractivity contribution in [2.75, 3.05) is 0 Å². The van der Waals surface area contributed by atoms with E-state index in [-0.39, 0.29) is 0 Å². The standard InChI is InChI=1S/C21H21As3/c1-4-11-19(12-5-1)22-17-10-18-23(20-13-6-2-7-14-20)24(22)21-15-8-3-9-16-21/h1-9,11-16H,10,17-18H2. The molecule has 0 saturated carbocycles. The predicted molar refractivity (Wildman–Crippen MR) is 110 cm³/mol. The topological polar surface area (TPSA) is 0 Å². The molecule has 0 spiro atoms. The van der Waals surface area contributed by atoms with E-state index in [0.29, 0.717) is 0 Å².